The van der Waals surface area contributed by atoms with Gasteiger partial charge in [0.1, 0.15) is 4.90 Å². The van der Waals surface area contributed by atoms with Crippen molar-refractivity contribution >= 4 is 56.3 Å². The highest BCUT2D eigenvalue weighted by atomic mass is 35.5. The summed E-state index contributed by atoms with van der Waals surface area (Å²) in [5, 5.41) is 10.1. The van der Waals surface area contributed by atoms with Crippen molar-refractivity contribution in [1.82, 2.24) is 14.5 Å². The first-order valence-corrected chi connectivity index (χ1v) is 12.6. The molecule has 31 heavy (non-hydrogen) atoms. The number of H-pyrrole nitrogens is 1. The zero-order valence-corrected chi connectivity index (χ0v) is 19.7. The summed E-state index contributed by atoms with van der Waals surface area (Å²) < 4.78 is 27.3. The van der Waals surface area contributed by atoms with Crippen LogP contribution in [0.1, 0.15) is 17.7 Å². The standard InChI is InChI=1S/C20H20Cl2N4O3S2/c1-12-5-6-17(30-12)16-11-18(25-24-16)23-20(27)13-7-9-26(10-8-13)31(28,29)19-14(21)3-2-4-15(19)22/h2-6,11,13H,7-10H2,1H3,(H2,23,24,25,27). The van der Waals surface area contributed by atoms with Gasteiger partial charge in [-0.15, -0.1) is 11.3 Å². The maximum Gasteiger partial charge on any atom is 0.246 e. The molecule has 1 fully saturated rings. The molecule has 1 saturated heterocycles. The van der Waals surface area contributed by atoms with E-state index in [1.165, 1.54) is 21.3 Å². The van der Waals surface area contributed by atoms with Gasteiger partial charge in [0, 0.05) is 30.0 Å². The van der Waals surface area contributed by atoms with E-state index in [1.807, 2.05) is 19.1 Å². The van der Waals surface area contributed by atoms with Gasteiger partial charge in [-0.2, -0.15) is 9.40 Å². The second-order valence-electron chi connectivity index (χ2n) is 7.30. The van der Waals surface area contributed by atoms with Crippen molar-refractivity contribution in [2.45, 2.75) is 24.7 Å². The number of halogens is 2. The predicted octanol–water partition coefficient (Wildman–Crippen LogP) is 4.79. The fraction of sp³-hybridized carbons (Fsp3) is 0.300. The monoisotopic (exact) mass is 498 g/mol. The third-order valence-corrected chi connectivity index (χ3v) is 9.07. The number of carbonyl (C=O) groups excluding carboxylic acids is 1. The van der Waals surface area contributed by atoms with Gasteiger partial charge in [-0.05, 0) is 44.0 Å². The van der Waals surface area contributed by atoms with Crippen molar-refractivity contribution in [1.29, 1.82) is 0 Å². The Kier molecular flexibility index (Phi) is 6.41. The highest BCUT2D eigenvalue weighted by Crippen LogP contribution is 2.33. The van der Waals surface area contributed by atoms with Crippen LogP contribution in [0.5, 0.6) is 0 Å². The molecule has 0 aliphatic carbocycles. The van der Waals surface area contributed by atoms with Crippen LogP contribution >= 0.6 is 34.5 Å². The van der Waals surface area contributed by atoms with Gasteiger partial charge in [0.25, 0.3) is 0 Å². The minimum Gasteiger partial charge on any atom is -0.309 e. The zero-order valence-electron chi connectivity index (χ0n) is 16.6. The molecule has 164 valence electrons. The fourth-order valence-corrected chi connectivity index (χ4v) is 6.93. The lowest BCUT2D eigenvalue weighted by molar-refractivity contribution is -0.120. The Bertz CT molecular complexity index is 1190. The molecule has 1 aliphatic heterocycles. The number of piperidine rings is 1. The fourth-order valence-electron chi connectivity index (χ4n) is 3.54. The number of anilines is 1. The Hall–Kier alpha value is -1.91. The molecule has 7 nitrogen and oxygen atoms in total. The van der Waals surface area contributed by atoms with E-state index in [-0.39, 0.29) is 39.9 Å². The van der Waals surface area contributed by atoms with Crippen molar-refractivity contribution in [3.8, 4) is 10.6 Å². The predicted molar refractivity (Wildman–Crippen MR) is 123 cm³/mol. The number of aryl methyl sites for hydroxylation is 1. The minimum atomic E-state index is -3.84. The van der Waals surface area contributed by atoms with E-state index < -0.39 is 10.0 Å². The number of carbonyl (C=O) groups is 1. The van der Waals surface area contributed by atoms with Crippen LogP contribution < -0.4 is 5.32 Å². The van der Waals surface area contributed by atoms with Crippen LogP contribution in [0.2, 0.25) is 10.0 Å². The number of thiophene rings is 1. The topological polar surface area (TPSA) is 95.2 Å². The smallest absolute Gasteiger partial charge is 0.246 e. The molecular weight excluding hydrogens is 479 g/mol. The largest absolute Gasteiger partial charge is 0.309 e. The van der Waals surface area contributed by atoms with E-state index in [2.05, 4.69) is 15.5 Å². The lowest BCUT2D eigenvalue weighted by Gasteiger charge is -2.30. The Morgan fingerprint density at radius 3 is 2.48 bits per heavy atom. The number of hydrogen-bond donors (Lipinski definition) is 2. The molecule has 3 heterocycles. The Morgan fingerprint density at radius 1 is 1.19 bits per heavy atom. The Labute approximate surface area is 194 Å². The zero-order chi connectivity index (χ0) is 22.2. The first kappa shape index (κ1) is 22.3. The Morgan fingerprint density at radius 2 is 1.87 bits per heavy atom. The summed E-state index contributed by atoms with van der Waals surface area (Å²) in [5.74, 6) is -0.0329. The SMILES string of the molecule is Cc1ccc(-c2cc(NC(=O)C3CCN(S(=O)(=O)c4c(Cl)cccc4Cl)CC3)n[nH]2)s1. The van der Waals surface area contributed by atoms with Gasteiger partial charge in [-0.25, -0.2) is 8.42 Å². The molecule has 1 aliphatic rings. The molecule has 0 saturated carbocycles. The normalized spacial score (nSPS) is 15.8. The molecule has 0 unspecified atom stereocenters. The van der Waals surface area contributed by atoms with Crippen LogP contribution in [-0.2, 0) is 14.8 Å². The van der Waals surface area contributed by atoms with E-state index in [0.717, 1.165) is 10.6 Å². The van der Waals surface area contributed by atoms with E-state index in [4.69, 9.17) is 23.2 Å². The number of sulfonamides is 1. The second-order valence-corrected chi connectivity index (χ2v) is 11.3. The molecule has 1 aromatic carbocycles. The quantitative estimate of drug-likeness (QED) is 0.528. The van der Waals surface area contributed by atoms with Crippen LogP contribution in [0, 0.1) is 12.8 Å². The third-order valence-electron chi connectivity index (χ3n) is 5.18. The highest BCUT2D eigenvalue weighted by molar-refractivity contribution is 7.89. The maximum atomic E-state index is 13.0. The van der Waals surface area contributed by atoms with Crippen molar-refractivity contribution in [3.05, 3.63) is 51.3 Å². The summed E-state index contributed by atoms with van der Waals surface area (Å²) in [6, 6.07) is 10.4. The van der Waals surface area contributed by atoms with Gasteiger partial charge < -0.3 is 5.32 Å². The number of aromatic amines is 1. The molecular formula is C20H20Cl2N4O3S2. The van der Waals surface area contributed by atoms with Crippen molar-refractivity contribution in [2.24, 2.45) is 5.92 Å². The number of nitrogens with one attached hydrogen (secondary N) is 2. The molecule has 2 N–H and O–H groups in total. The molecule has 11 heteroatoms. The van der Waals surface area contributed by atoms with Gasteiger partial charge in [0.05, 0.1) is 20.6 Å². The average molecular weight is 499 g/mol. The van der Waals surface area contributed by atoms with Crippen molar-refractivity contribution in [3.63, 3.8) is 0 Å². The number of rotatable bonds is 5. The van der Waals surface area contributed by atoms with E-state index in [0.29, 0.717) is 18.7 Å². The van der Waals surface area contributed by atoms with Crippen LogP contribution in [0.25, 0.3) is 10.6 Å². The average Bonchev–Trinajstić information content (AvgIpc) is 3.36. The number of hydrogen-bond acceptors (Lipinski definition) is 5. The summed E-state index contributed by atoms with van der Waals surface area (Å²) in [6.07, 6.45) is 0.795. The number of amides is 1. The summed E-state index contributed by atoms with van der Waals surface area (Å²) >= 11 is 13.8. The van der Waals surface area contributed by atoms with Crippen LogP contribution in [0.15, 0.2) is 41.3 Å². The minimum absolute atomic E-state index is 0.0858. The lowest BCUT2D eigenvalue weighted by atomic mass is 9.97. The van der Waals surface area contributed by atoms with Gasteiger partial charge in [-0.1, -0.05) is 29.3 Å². The molecule has 0 spiro atoms. The molecule has 4 rings (SSSR count). The maximum absolute atomic E-state index is 13.0. The van der Waals surface area contributed by atoms with Gasteiger partial charge in [0.15, 0.2) is 5.82 Å². The summed E-state index contributed by atoms with van der Waals surface area (Å²) in [6.45, 7) is 2.45. The Balaban J connectivity index is 1.39. The summed E-state index contributed by atoms with van der Waals surface area (Å²) in [7, 11) is -3.84. The van der Waals surface area contributed by atoms with Crippen LogP contribution in [0.4, 0.5) is 5.82 Å². The van der Waals surface area contributed by atoms with Gasteiger partial charge in [-0.3, -0.25) is 9.89 Å². The van der Waals surface area contributed by atoms with Crippen molar-refractivity contribution < 1.29 is 13.2 Å². The number of aromatic nitrogens is 2. The molecule has 1 amide bonds. The molecule has 3 aromatic rings. The van der Waals surface area contributed by atoms with E-state index in [1.54, 1.807) is 23.5 Å². The first-order valence-electron chi connectivity index (χ1n) is 9.63. The summed E-state index contributed by atoms with van der Waals surface area (Å²) in [5.41, 5.74) is 0.839. The van der Waals surface area contributed by atoms with Gasteiger partial charge in [0.2, 0.25) is 15.9 Å². The lowest BCUT2D eigenvalue weighted by Crippen LogP contribution is -2.41. The van der Waals surface area contributed by atoms with E-state index >= 15 is 0 Å². The van der Waals surface area contributed by atoms with Gasteiger partial charge >= 0.3 is 0 Å². The van der Waals surface area contributed by atoms with E-state index in [9.17, 15) is 13.2 Å². The molecule has 2 aromatic heterocycles. The number of benzene rings is 1. The summed E-state index contributed by atoms with van der Waals surface area (Å²) in [4.78, 5) is 14.8. The molecule has 0 bridgehead atoms. The molecule has 0 radical (unpaired) electrons. The second kappa shape index (κ2) is 8.91. The highest BCUT2D eigenvalue weighted by Gasteiger charge is 2.34. The third kappa shape index (κ3) is 4.65. The van der Waals surface area contributed by atoms with Crippen LogP contribution in [0.3, 0.4) is 0 Å². The molecule has 0 atom stereocenters. The number of nitrogens with zero attached hydrogens (tertiary/aromatic N) is 2. The van der Waals surface area contributed by atoms with Crippen molar-refractivity contribution in [2.75, 3.05) is 18.4 Å². The van der Waals surface area contributed by atoms with Crippen LogP contribution in [-0.4, -0.2) is 41.9 Å². The first-order chi connectivity index (χ1) is 14.8.